The zero-order valence-corrected chi connectivity index (χ0v) is 24.1. The summed E-state index contributed by atoms with van der Waals surface area (Å²) in [6.07, 6.45) is 14.8. The quantitative estimate of drug-likeness (QED) is 0.317. The van der Waals surface area contributed by atoms with Crippen molar-refractivity contribution >= 4 is 17.7 Å². The minimum atomic E-state index is -0.227. The first kappa shape index (κ1) is 28.8. The molecule has 4 rings (SSSR count). The molecule has 0 spiro atoms. The predicted octanol–water partition coefficient (Wildman–Crippen LogP) is 5.27. The number of nitrogens with one attached hydrogen (secondary N) is 1. The Bertz CT molecular complexity index is 1160. The number of ether oxygens (including phenoxy) is 2. The summed E-state index contributed by atoms with van der Waals surface area (Å²) >= 11 is 1.74. The van der Waals surface area contributed by atoms with Crippen LogP contribution in [0.25, 0.3) is 0 Å². The lowest BCUT2D eigenvalue weighted by atomic mass is 10.0. The molecule has 8 nitrogen and oxygen atoms in total. The Morgan fingerprint density at radius 3 is 2.72 bits per heavy atom. The molecule has 1 unspecified atom stereocenters. The Hall–Kier alpha value is -3.22. The van der Waals surface area contributed by atoms with E-state index in [1.165, 1.54) is 31.4 Å². The molecule has 2 heterocycles. The molecule has 1 aromatic heterocycles. The van der Waals surface area contributed by atoms with Crippen LogP contribution in [0.3, 0.4) is 0 Å². The number of methoxy groups -OCH3 is 1. The number of likely N-dealkylation sites (N-methyl/N-ethyl adjacent to an activating group) is 1. The fourth-order valence-electron chi connectivity index (χ4n) is 5.27. The van der Waals surface area contributed by atoms with Crippen LogP contribution in [0.15, 0.2) is 60.2 Å². The van der Waals surface area contributed by atoms with Crippen molar-refractivity contribution < 1.29 is 9.47 Å². The molecule has 0 bridgehead atoms. The average Bonchev–Trinajstić information content (AvgIpc) is 3.49. The van der Waals surface area contributed by atoms with Gasteiger partial charge in [0.05, 0.1) is 48.6 Å². The summed E-state index contributed by atoms with van der Waals surface area (Å²) in [4.78, 5) is 13.8. The van der Waals surface area contributed by atoms with Crippen LogP contribution >= 0.6 is 11.8 Å². The van der Waals surface area contributed by atoms with E-state index in [4.69, 9.17) is 9.47 Å². The summed E-state index contributed by atoms with van der Waals surface area (Å²) in [5.41, 5.74) is 4.03. The first-order valence-corrected chi connectivity index (χ1v) is 15.2. The van der Waals surface area contributed by atoms with Gasteiger partial charge >= 0.3 is 0 Å². The van der Waals surface area contributed by atoms with Crippen LogP contribution < -0.4 is 10.1 Å². The molecule has 1 fully saturated rings. The average molecular weight is 549 g/mol. The fourth-order valence-corrected chi connectivity index (χ4v) is 5.52. The molecule has 9 heteroatoms. The molecule has 0 saturated heterocycles. The largest absolute Gasteiger partial charge is 0.489 e. The molecule has 1 aromatic carbocycles. The summed E-state index contributed by atoms with van der Waals surface area (Å²) in [5, 5.41) is 12.9. The van der Waals surface area contributed by atoms with Crippen molar-refractivity contribution in [2.75, 3.05) is 50.7 Å². The summed E-state index contributed by atoms with van der Waals surface area (Å²) in [7, 11) is 1.73. The van der Waals surface area contributed by atoms with Gasteiger partial charge in [-0.05, 0) is 61.8 Å². The van der Waals surface area contributed by atoms with Gasteiger partial charge in [0, 0.05) is 32.5 Å². The minimum absolute atomic E-state index is 0.227. The van der Waals surface area contributed by atoms with Gasteiger partial charge in [-0.15, -0.1) is 0 Å². The Balaban J connectivity index is 1.60. The number of nitriles is 1. The molecule has 2 aromatic rings. The number of anilines is 1. The predicted molar refractivity (Wildman–Crippen MR) is 157 cm³/mol. The monoisotopic (exact) mass is 548 g/mol. The molecule has 1 aliphatic carbocycles. The Morgan fingerprint density at radius 2 is 2.03 bits per heavy atom. The Morgan fingerprint density at radius 1 is 1.23 bits per heavy atom. The molecule has 1 aliphatic heterocycles. The SMILES string of the molecule is CCN(CC1CCCC1)C1=C(CNc2ncc(OCCSC)cn2)N(Cc2cccc(C#N)c2)C(OC)C=C1. The van der Waals surface area contributed by atoms with Crippen LogP contribution in [0, 0.1) is 17.2 Å². The van der Waals surface area contributed by atoms with E-state index < -0.39 is 0 Å². The highest BCUT2D eigenvalue weighted by molar-refractivity contribution is 7.98. The van der Waals surface area contributed by atoms with Crippen molar-refractivity contribution in [3.63, 3.8) is 0 Å². The van der Waals surface area contributed by atoms with E-state index in [0.29, 0.717) is 37.0 Å². The van der Waals surface area contributed by atoms with Crippen molar-refractivity contribution in [1.82, 2.24) is 19.8 Å². The van der Waals surface area contributed by atoms with Crippen LogP contribution in [0.2, 0.25) is 0 Å². The van der Waals surface area contributed by atoms with Crippen molar-refractivity contribution in [2.24, 2.45) is 5.92 Å². The van der Waals surface area contributed by atoms with Crippen LogP contribution in [0.5, 0.6) is 5.75 Å². The third kappa shape index (κ3) is 7.90. The van der Waals surface area contributed by atoms with Crippen molar-refractivity contribution in [1.29, 1.82) is 5.26 Å². The third-order valence-corrected chi connectivity index (χ3v) is 7.87. The van der Waals surface area contributed by atoms with Gasteiger partial charge in [-0.3, -0.25) is 0 Å². The van der Waals surface area contributed by atoms with Crippen LogP contribution in [0.1, 0.15) is 43.7 Å². The van der Waals surface area contributed by atoms with Gasteiger partial charge in [0.2, 0.25) is 5.95 Å². The lowest BCUT2D eigenvalue weighted by molar-refractivity contribution is 0.0136. The van der Waals surface area contributed by atoms with E-state index in [0.717, 1.165) is 36.0 Å². The van der Waals surface area contributed by atoms with Gasteiger partial charge < -0.3 is 24.6 Å². The van der Waals surface area contributed by atoms with Gasteiger partial charge in [-0.2, -0.15) is 17.0 Å². The maximum atomic E-state index is 9.44. The second-order valence-corrected chi connectivity index (χ2v) is 10.9. The van der Waals surface area contributed by atoms with Crippen LogP contribution in [0.4, 0.5) is 5.95 Å². The molecular formula is C30H40N6O2S. The number of hydrogen-bond donors (Lipinski definition) is 1. The number of benzene rings is 1. The molecule has 1 atom stereocenters. The molecule has 0 radical (unpaired) electrons. The van der Waals surface area contributed by atoms with Crippen molar-refractivity contribution in [3.05, 3.63) is 71.3 Å². The number of aromatic nitrogens is 2. The van der Waals surface area contributed by atoms with Crippen molar-refractivity contribution in [3.8, 4) is 11.8 Å². The van der Waals surface area contributed by atoms with Gasteiger partial charge in [0.15, 0.2) is 5.75 Å². The van der Waals surface area contributed by atoms with Gasteiger partial charge in [-0.25, -0.2) is 9.97 Å². The second-order valence-electron chi connectivity index (χ2n) is 9.88. The van der Waals surface area contributed by atoms with Gasteiger partial charge in [0.25, 0.3) is 0 Å². The second kappa shape index (κ2) is 14.8. The molecule has 208 valence electrons. The zero-order valence-electron chi connectivity index (χ0n) is 23.3. The van der Waals surface area contributed by atoms with Crippen molar-refractivity contribution in [2.45, 2.75) is 45.4 Å². The lowest BCUT2D eigenvalue weighted by Crippen LogP contribution is -2.42. The van der Waals surface area contributed by atoms with E-state index in [1.54, 1.807) is 31.3 Å². The van der Waals surface area contributed by atoms with E-state index >= 15 is 0 Å². The fraction of sp³-hybridized carbons (Fsp3) is 0.500. The Labute approximate surface area is 237 Å². The highest BCUT2D eigenvalue weighted by Crippen LogP contribution is 2.31. The third-order valence-electron chi connectivity index (χ3n) is 7.29. The lowest BCUT2D eigenvalue weighted by Gasteiger charge is -2.40. The van der Waals surface area contributed by atoms with Crippen LogP contribution in [-0.2, 0) is 11.3 Å². The number of allylic oxidation sites excluding steroid dienone is 1. The molecule has 1 N–H and O–H groups in total. The normalized spacial score (nSPS) is 17.4. The summed E-state index contributed by atoms with van der Waals surface area (Å²) in [5.74, 6) is 2.87. The summed E-state index contributed by atoms with van der Waals surface area (Å²) in [6, 6.07) is 10.0. The number of hydrogen-bond acceptors (Lipinski definition) is 9. The molecule has 1 saturated carbocycles. The van der Waals surface area contributed by atoms with Gasteiger partial charge in [-0.1, -0.05) is 25.0 Å². The first-order valence-electron chi connectivity index (χ1n) is 13.8. The van der Waals surface area contributed by atoms with Gasteiger partial charge in [0.1, 0.15) is 6.23 Å². The first-order chi connectivity index (χ1) is 19.1. The number of rotatable bonds is 14. The molecular weight excluding hydrogens is 508 g/mol. The molecule has 2 aliphatic rings. The highest BCUT2D eigenvalue weighted by Gasteiger charge is 2.29. The minimum Gasteiger partial charge on any atom is -0.489 e. The maximum Gasteiger partial charge on any atom is 0.223 e. The molecule has 39 heavy (non-hydrogen) atoms. The number of thioether (sulfide) groups is 1. The standard InChI is InChI=1S/C30H40N6O2S/c1-4-35(21-23-8-5-6-9-23)27-12-13-29(37-2)36(22-25-11-7-10-24(16-25)17-31)28(27)20-34-30-32-18-26(19-33-30)38-14-15-39-3/h7,10-13,16,18-19,23,29H,4-6,8-9,14-15,20-22H2,1-3H3,(H,32,33,34). The van der Waals surface area contributed by atoms with E-state index in [-0.39, 0.29) is 6.23 Å². The summed E-state index contributed by atoms with van der Waals surface area (Å²) < 4.78 is 11.6. The van der Waals surface area contributed by atoms with Crippen LogP contribution in [-0.4, -0.2) is 71.4 Å². The van der Waals surface area contributed by atoms with E-state index in [2.05, 4.69) is 62.6 Å². The summed E-state index contributed by atoms with van der Waals surface area (Å²) in [6.45, 7) is 5.98. The number of nitrogens with zero attached hydrogens (tertiary/aromatic N) is 5. The smallest absolute Gasteiger partial charge is 0.223 e. The molecule has 0 amide bonds. The Kier molecular flexibility index (Phi) is 10.9. The zero-order chi connectivity index (χ0) is 27.5. The van der Waals surface area contributed by atoms with E-state index in [1.807, 2.05) is 18.2 Å². The highest BCUT2D eigenvalue weighted by atomic mass is 32.2. The topological polar surface area (TPSA) is 86.5 Å². The maximum absolute atomic E-state index is 9.44. The van der Waals surface area contributed by atoms with E-state index in [9.17, 15) is 5.26 Å².